The molecule has 0 spiro atoms. The molecule has 1 atom stereocenters. The first-order chi connectivity index (χ1) is 12.7. The van der Waals surface area contributed by atoms with E-state index in [2.05, 4.69) is 63.9 Å². The van der Waals surface area contributed by atoms with Crippen LogP contribution in [0.2, 0.25) is 0 Å². The Balaban J connectivity index is 1.60. The topological polar surface area (TPSA) is 79.8 Å². The number of nitrogens with one attached hydrogen (secondary N) is 2. The average molecular weight is 386 g/mol. The zero-order chi connectivity index (χ0) is 18.4. The summed E-state index contributed by atoms with van der Waals surface area (Å²) in [4.78, 5) is 17.7. The van der Waals surface area contributed by atoms with Gasteiger partial charge in [-0.15, -0.1) is 22.0 Å². The summed E-state index contributed by atoms with van der Waals surface area (Å²) >= 11 is 3.10. The predicted molar refractivity (Wildman–Crippen MR) is 107 cm³/mol. The molecule has 0 bridgehead atoms. The van der Waals surface area contributed by atoms with Gasteiger partial charge in [0.15, 0.2) is 0 Å². The molecule has 26 heavy (non-hydrogen) atoms. The summed E-state index contributed by atoms with van der Waals surface area (Å²) in [6.07, 6.45) is 1.55. The smallest absolute Gasteiger partial charge is 0.259 e. The van der Waals surface area contributed by atoms with Crippen molar-refractivity contribution >= 4 is 40.0 Å². The highest BCUT2D eigenvalue weighted by molar-refractivity contribution is 7.99. The van der Waals surface area contributed by atoms with Crippen LogP contribution in [0.25, 0.3) is 0 Å². The van der Waals surface area contributed by atoms with Gasteiger partial charge in [-0.3, -0.25) is 10.1 Å². The van der Waals surface area contributed by atoms with Crippen LogP contribution < -0.4 is 10.6 Å². The van der Waals surface area contributed by atoms with Crippen LogP contribution in [0, 0.1) is 0 Å². The van der Waals surface area contributed by atoms with Gasteiger partial charge >= 0.3 is 0 Å². The fourth-order valence-electron chi connectivity index (χ4n) is 2.33. The number of hydrogen-bond acceptors (Lipinski definition) is 7. The first-order valence-corrected chi connectivity index (χ1v) is 10.0. The molecule has 1 unspecified atom stereocenters. The Morgan fingerprint density at radius 3 is 2.65 bits per heavy atom. The predicted octanol–water partition coefficient (Wildman–Crippen LogP) is 4.47. The molecule has 0 saturated carbocycles. The highest BCUT2D eigenvalue weighted by Crippen LogP contribution is 2.23. The Morgan fingerprint density at radius 2 is 2.04 bits per heavy atom. The molecular formula is C18H19N5OS2. The van der Waals surface area contributed by atoms with E-state index in [0.29, 0.717) is 10.7 Å². The maximum atomic E-state index is 12.1. The van der Waals surface area contributed by atoms with Crippen molar-refractivity contribution in [3.05, 3.63) is 59.2 Å². The fraction of sp³-hybridized carbons (Fsp3) is 0.222. The van der Waals surface area contributed by atoms with E-state index in [1.54, 1.807) is 23.8 Å². The lowest BCUT2D eigenvalue weighted by Crippen LogP contribution is -2.13. The molecule has 0 radical (unpaired) electrons. The van der Waals surface area contributed by atoms with Gasteiger partial charge in [-0.2, -0.15) is 0 Å². The molecule has 1 aromatic carbocycles. The van der Waals surface area contributed by atoms with Gasteiger partial charge in [0, 0.05) is 17.1 Å². The SMILES string of the molecule is CCSc1ccc(C(C)Nc2ccc(C(=O)Nc3nncs3)cn2)cc1. The van der Waals surface area contributed by atoms with Gasteiger partial charge in [0.05, 0.1) is 5.56 Å². The molecule has 1 amide bonds. The normalized spacial score (nSPS) is 11.8. The molecular weight excluding hydrogens is 366 g/mol. The van der Waals surface area contributed by atoms with Crippen LogP contribution in [0.1, 0.15) is 35.8 Å². The van der Waals surface area contributed by atoms with Crippen molar-refractivity contribution < 1.29 is 4.79 Å². The van der Waals surface area contributed by atoms with Crippen LogP contribution in [0.15, 0.2) is 53.0 Å². The molecule has 0 aliphatic heterocycles. The maximum Gasteiger partial charge on any atom is 0.259 e. The minimum absolute atomic E-state index is 0.115. The largest absolute Gasteiger partial charge is 0.364 e. The molecule has 8 heteroatoms. The summed E-state index contributed by atoms with van der Waals surface area (Å²) < 4.78 is 0. The highest BCUT2D eigenvalue weighted by atomic mass is 32.2. The lowest BCUT2D eigenvalue weighted by Gasteiger charge is -2.15. The first kappa shape index (κ1) is 18.3. The summed E-state index contributed by atoms with van der Waals surface area (Å²) in [5, 5.41) is 14.0. The summed E-state index contributed by atoms with van der Waals surface area (Å²) in [6.45, 7) is 4.23. The van der Waals surface area contributed by atoms with Crippen LogP contribution in [-0.4, -0.2) is 26.8 Å². The Hall–Kier alpha value is -2.45. The van der Waals surface area contributed by atoms with E-state index in [0.717, 1.165) is 11.6 Å². The van der Waals surface area contributed by atoms with Crippen molar-refractivity contribution in [1.29, 1.82) is 0 Å². The second-order valence-electron chi connectivity index (χ2n) is 5.50. The number of amides is 1. The number of aromatic nitrogens is 3. The molecule has 134 valence electrons. The van der Waals surface area contributed by atoms with Gasteiger partial charge < -0.3 is 5.32 Å². The van der Waals surface area contributed by atoms with Crippen LogP contribution in [0.5, 0.6) is 0 Å². The Bertz CT molecular complexity index is 835. The van der Waals surface area contributed by atoms with Gasteiger partial charge in [-0.1, -0.05) is 30.4 Å². The van der Waals surface area contributed by atoms with Gasteiger partial charge in [0.1, 0.15) is 11.3 Å². The fourth-order valence-corrected chi connectivity index (χ4v) is 3.44. The number of benzene rings is 1. The zero-order valence-corrected chi connectivity index (χ0v) is 16.1. The maximum absolute atomic E-state index is 12.1. The number of rotatable bonds is 7. The van der Waals surface area contributed by atoms with Gasteiger partial charge in [-0.05, 0) is 42.5 Å². The zero-order valence-electron chi connectivity index (χ0n) is 14.5. The minimum Gasteiger partial charge on any atom is -0.364 e. The number of anilines is 2. The second-order valence-corrected chi connectivity index (χ2v) is 7.67. The molecule has 0 aliphatic carbocycles. The van der Waals surface area contributed by atoms with Crippen LogP contribution in [0.4, 0.5) is 10.9 Å². The standard InChI is InChI=1S/C18H19N5OS2/c1-3-25-15-7-4-13(5-8-15)12(2)21-16-9-6-14(10-19-16)17(24)22-18-23-20-11-26-18/h4-12H,3H2,1-2H3,(H,19,21)(H,22,23,24). The van der Waals surface area contributed by atoms with E-state index in [9.17, 15) is 4.79 Å². The molecule has 0 saturated heterocycles. The summed E-state index contributed by atoms with van der Waals surface area (Å²) in [6, 6.07) is 12.2. The third-order valence-corrected chi connectivity index (χ3v) is 5.16. The minimum atomic E-state index is -0.252. The van der Waals surface area contributed by atoms with Crippen molar-refractivity contribution in [1.82, 2.24) is 15.2 Å². The number of pyridine rings is 1. The van der Waals surface area contributed by atoms with E-state index in [1.807, 2.05) is 11.8 Å². The van der Waals surface area contributed by atoms with Crippen molar-refractivity contribution in [3.8, 4) is 0 Å². The molecule has 2 N–H and O–H groups in total. The number of carbonyl (C=O) groups excluding carboxylic acids is 1. The second kappa shape index (κ2) is 8.77. The summed E-state index contributed by atoms with van der Waals surface area (Å²) in [5.41, 5.74) is 3.22. The lowest BCUT2D eigenvalue weighted by atomic mass is 10.1. The van der Waals surface area contributed by atoms with Crippen LogP contribution in [-0.2, 0) is 0 Å². The van der Waals surface area contributed by atoms with E-state index in [4.69, 9.17) is 0 Å². The molecule has 3 rings (SSSR count). The molecule has 2 heterocycles. The summed E-state index contributed by atoms with van der Waals surface area (Å²) in [5.74, 6) is 1.53. The number of nitrogens with zero attached hydrogens (tertiary/aromatic N) is 3. The number of thioether (sulfide) groups is 1. The highest BCUT2D eigenvalue weighted by Gasteiger charge is 2.10. The van der Waals surface area contributed by atoms with Crippen molar-refractivity contribution in [2.45, 2.75) is 24.8 Å². The van der Waals surface area contributed by atoms with E-state index >= 15 is 0 Å². The molecule has 2 aromatic heterocycles. The van der Waals surface area contributed by atoms with E-state index in [1.165, 1.54) is 21.8 Å². The molecule has 6 nitrogen and oxygen atoms in total. The van der Waals surface area contributed by atoms with Crippen molar-refractivity contribution in [3.63, 3.8) is 0 Å². The Labute approximate surface area is 160 Å². The molecule has 3 aromatic rings. The van der Waals surface area contributed by atoms with E-state index < -0.39 is 0 Å². The third kappa shape index (κ3) is 4.80. The monoisotopic (exact) mass is 385 g/mol. The summed E-state index contributed by atoms with van der Waals surface area (Å²) in [7, 11) is 0. The molecule has 0 fully saturated rings. The van der Waals surface area contributed by atoms with Crippen LogP contribution in [0.3, 0.4) is 0 Å². The van der Waals surface area contributed by atoms with Crippen molar-refractivity contribution in [2.75, 3.05) is 16.4 Å². The third-order valence-electron chi connectivity index (χ3n) is 3.66. The van der Waals surface area contributed by atoms with Gasteiger partial charge in [0.2, 0.25) is 5.13 Å². The van der Waals surface area contributed by atoms with Crippen molar-refractivity contribution in [2.24, 2.45) is 0 Å². The quantitative estimate of drug-likeness (QED) is 0.584. The number of hydrogen-bond donors (Lipinski definition) is 2. The van der Waals surface area contributed by atoms with E-state index in [-0.39, 0.29) is 11.9 Å². The average Bonchev–Trinajstić information content (AvgIpc) is 3.16. The molecule has 0 aliphatic rings. The van der Waals surface area contributed by atoms with Crippen LogP contribution >= 0.6 is 23.1 Å². The Kier molecular flexibility index (Phi) is 6.19. The lowest BCUT2D eigenvalue weighted by molar-refractivity contribution is 0.102. The Morgan fingerprint density at radius 1 is 1.23 bits per heavy atom. The number of carbonyl (C=O) groups is 1. The first-order valence-electron chi connectivity index (χ1n) is 8.18. The van der Waals surface area contributed by atoms with Gasteiger partial charge in [-0.25, -0.2) is 4.98 Å². The van der Waals surface area contributed by atoms with Gasteiger partial charge in [0.25, 0.3) is 5.91 Å².